The van der Waals surface area contributed by atoms with Crippen LogP contribution < -0.4 is 5.73 Å². The zero-order chi connectivity index (χ0) is 22.9. The molecule has 2 N–H and O–H groups in total. The number of nitrogens with two attached hydrogens (primary N) is 1. The maximum absolute atomic E-state index is 11.3. The lowest BCUT2D eigenvalue weighted by Gasteiger charge is -2.18. The van der Waals surface area contributed by atoms with Crippen LogP contribution in [0.1, 0.15) is 73.9 Å². The third kappa shape index (κ3) is 6.70. The summed E-state index contributed by atoms with van der Waals surface area (Å²) < 4.78 is 2.21. The number of carbonyl (C=O) groups excluding carboxylic acids is 1. The van der Waals surface area contributed by atoms with Gasteiger partial charge in [-0.1, -0.05) is 79.1 Å². The Morgan fingerprint density at radius 2 is 1.72 bits per heavy atom. The minimum absolute atomic E-state index is 0.242. The molecule has 1 amide bonds. The van der Waals surface area contributed by atoms with E-state index in [1.165, 1.54) is 16.7 Å². The molecule has 0 radical (unpaired) electrons. The maximum Gasteiger partial charge on any atom is 0.217 e. The molecule has 0 aliphatic heterocycles. The Labute approximate surface area is 195 Å². The number of aryl methyl sites for hydroxylation is 2. The molecule has 0 aliphatic rings. The Bertz CT molecular complexity index is 996. The zero-order valence-corrected chi connectivity index (χ0v) is 20.2. The van der Waals surface area contributed by atoms with Gasteiger partial charge >= 0.3 is 0 Å². The largest absolute Gasteiger partial charge is 0.370 e. The third-order valence-electron chi connectivity index (χ3n) is 5.57. The van der Waals surface area contributed by atoms with Crippen molar-refractivity contribution in [2.75, 3.05) is 0 Å². The SMILES string of the molecule is CCCCC(CCCC(N)=O)c1nnc(SCc2cc(C)cc(C)c2)n1-c1ccccc1. The standard InChI is InChI=1S/C26H34N4OS/c1-4-5-10-22(11-9-14-24(27)31)25-28-29-26(30(25)23-12-7-6-8-13-23)32-18-21-16-19(2)15-20(3)17-21/h6-8,12-13,15-17,22H,4-5,9-11,14,18H2,1-3H3,(H2,27,31). The highest BCUT2D eigenvalue weighted by Crippen LogP contribution is 2.33. The van der Waals surface area contributed by atoms with E-state index in [-0.39, 0.29) is 11.8 Å². The number of benzene rings is 2. The molecule has 0 fully saturated rings. The molecule has 1 unspecified atom stereocenters. The van der Waals surface area contributed by atoms with Crippen molar-refractivity contribution in [1.82, 2.24) is 14.8 Å². The molecular weight excluding hydrogens is 416 g/mol. The van der Waals surface area contributed by atoms with Gasteiger partial charge in [0.25, 0.3) is 0 Å². The van der Waals surface area contributed by atoms with E-state index in [0.717, 1.165) is 54.5 Å². The quantitative estimate of drug-likeness (QED) is 0.338. The first kappa shape index (κ1) is 24.1. The van der Waals surface area contributed by atoms with Crippen LogP contribution in [0.4, 0.5) is 0 Å². The highest BCUT2D eigenvalue weighted by atomic mass is 32.2. The number of nitrogens with zero attached hydrogens (tertiary/aromatic N) is 3. The first-order valence-corrected chi connectivity index (χ1v) is 12.5. The second kappa shape index (κ2) is 11.9. The third-order valence-corrected chi connectivity index (χ3v) is 6.57. The Morgan fingerprint density at radius 3 is 2.38 bits per heavy atom. The molecule has 0 spiro atoms. The highest BCUT2D eigenvalue weighted by molar-refractivity contribution is 7.98. The van der Waals surface area contributed by atoms with E-state index in [2.05, 4.69) is 65.9 Å². The van der Waals surface area contributed by atoms with Gasteiger partial charge in [0, 0.05) is 23.8 Å². The lowest BCUT2D eigenvalue weighted by Crippen LogP contribution is -2.13. The summed E-state index contributed by atoms with van der Waals surface area (Å²) in [4.78, 5) is 11.3. The van der Waals surface area contributed by atoms with Gasteiger partial charge in [-0.15, -0.1) is 10.2 Å². The number of amides is 1. The number of para-hydroxylation sites is 1. The van der Waals surface area contributed by atoms with Crippen molar-refractivity contribution in [2.24, 2.45) is 5.73 Å². The monoisotopic (exact) mass is 450 g/mol. The van der Waals surface area contributed by atoms with Gasteiger partial charge in [-0.2, -0.15) is 0 Å². The molecule has 0 saturated heterocycles. The number of rotatable bonds is 12. The number of primary amides is 1. The first-order chi connectivity index (χ1) is 15.5. The van der Waals surface area contributed by atoms with E-state index in [1.54, 1.807) is 11.8 Å². The molecular formula is C26H34N4OS. The molecule has 5 nitrogen and oxygen atoms in total. The Balaban J connectivity index is 1.91. The molecule has 1 heterocycles. The van der Waals surface area contributed by atoms with Crippen LogP contribution in [0.5, 0.6) is 0 Å². The molecule has 6 heteroatoms. The molecule has 0 aliphatic carbocycles. The summed E-state index contributed by atoms with van der Waals surface area (Å²) in [6, 6.07) is 17.0. The van der Waals surface area contributed by atoms with E-state index in [0.29, 0.717) is 6.42 Å². The van der Waals surface area contributed by atoms with Crippen LogP contribution >= 0.6 is 11.8 Å². The summed E-state index contributed by atoms with van der Waals surface area (Å²) in [6.07, 6.45) is 5.35. The maximum atomic E-state index is 11.3. The van der Waals surface area contributed by atoms with Crippen LogP contribution in [0.3, 0.4) is 0 Å². The number of hydrogen-bond acceptors (Lipinski definition) is 4. The minimum atomic E-state index is -0.242. The normalized spacial score (nSPS) is 12.1. The molecule has 3 rings (SSSR count). The van der Waals surface area contributed by atoms with E-state index in [4.69, 9.17) is 5.73 Å². The van der Waals surface area contributed by atoms with E-state index in [1.807, 2.05) is 18.2 Å². The topological polar surface area (TPSA) is 73.8 Å². The van der Waals surface area contributed by atoms with Crippen LogP contribution in [0.25, 0.3) is 5.69 Å². The van der Waals surface area contributed by atoms with Gasteiger partial charge in [0.15, 0.2) is 5.16 Å². The fourth-order valence-electron chi connectivity index (χ4n) is 4.13. The number of thioether (sulfide) groups is 1. The molecule has 1 atom stereocenters. The minimum Gasteiger partial charge on any atom is -0.370 e. The van der Waals surface area contributed by atoms with Gasteiger partial charge in [0.2, 0.25) is 5.91 Å². The number of unbranched alkanes of at least 4 members (excludes halogenated alkanes) is 1. The molecule has 170 valence electrons. The molecule has 0 bridgehead atoms. The van der Waals surface area contributed by atoms with Gasteiger partial charge in [0.1, 0.15) is 5.82 Å². The molecule has 3 aromatic rings. The molecule has 2 aromatic carbocycles. The van der Waals surface area contributed by atoms with Crippen molar-refractivity contribution in [2.45, 2.75) is 76.1 Å². The van der Waals surface area contributed by atoms with Crippen LogP contribution in [-0.2, 0) is 10.5 Å². The number of carbonyl (C=O) groups is 1. The van der Waals surface area contributed by atoms with E-state index < -0.39 is 0 Å². The Hall–Kier alpha value is -2.60. The summed E-state index contributed by atoms with van der Waals surface area (Å²) in [7, 11) is 0. The fraction of sp³-hybridized carbons (Fsp3) is 0.423. The van der Waals surface area contributed by atoms with Crippen LogP contribution in [0.15, 0.2) is 53.7 Å². The van der Waals surface area contributed by atoms with Crippen LogP contribution in [0, 0.1) is 13.8 Å². The lowest BCUT2D eigenvalue weighted by atomic mass is 9.94. The summed E-state index contributed by atoms with van der Waals surface area (Å²) in [5.74, 6) is 1.83. The first-order valence-electron chi connectivity index (χ1n) is 11.5. The fourth-order valence-corrected chi connectivity index (χ4v) is 5.02. The van der Waals surface area contributed by atoms with E-state index >= 15 is 0 Å². The smallest absolute Gasteiger partial charge is 0.217 e. The van der Waals surface area contributed by atoms with Gasteiger partial charge in [0.05, 0.1) is 0 Å². The highest BCUT2D eigenvalue weighted by Gasteiger charge is 2.22. The van der Waals surface area contributed by atoms with Gasteiger partial charge < -0.3 is 5.73 Å². The Kier molecular flexibility index (Phi) is 8.91. The second-order valence-corrected chi connectivity index (χ2v) is 9.44. The molecule has 1 aromatic heterocycles. The van der Waals surface area contributed by atoms with Gasteiger partial charge in [-0.25, -0.2) is 0 Å². The van der Waals surface area contributed by atoms with Crippen molar-refractivity contribution in [3.8, 4) is 5.69 Å². The zero-order valence-electron chi connectivity index (χ0n) is 19.4. The summed E-state index contributed by atoms with van der Waals surface area (Å²) >= 11 is 1.72. The van der Waals surface area contributed by atoms with E-state index in [9.17, 15) is 4.79 Å². The predicted molar refractivity (Wildman–Crippen MR) is 132 cm³/mol. The van der Waals surface area contributed by atoms with Crippen molar-refractivity contribution < 1.29 is 4.79 Å². The average molecular weight is 451 g/mol. The average Bonchev–Trinajstić information content (AvgIpc) is 3.18. The molecule has 0 saturated carbocycles. The van der Waals surface area contributed by atoms with Crippen LogP contribution in [-0.4, -0.2) is 20.7 Å². The van der Waals surface area contributed by atoms with Crippen molar-refractivity contribution in [3.05, 3.63) is 71.0 Å². The Morgan fingerprint density at radius 1 is 1.03 bits per heavy atom. The van der Waals surface area contributed by atoms with Crippen molar-refractivity contribution in [1.29, 1.82) is 0 Å². The van der Waals surface area contributed by atoms with Crippen molar-refractivity contribution >= 4 is 17.7 Å². The summed E-state index contributed by atoms with van der Waals surface area (Å²) in [6.45, 7) is 6.47. The number of hydrogen-bond donors (Lipinski definition) is 1. The summed E-state index contributed by atoms with van der Waals surface area (Å²) in [5.41, 5.74) is 10.3. The van der Waals surface area contributed by atoms with Crippen molar-refractivity contribution in [3.63, 3.8) is 0 Å². The second-order valence-electron chi connectivity index (χ2n) is 8.49. The summed E-state index contributed by atoms with van der Waals surface area (Å²) in [5, 5.41) is 10.2. The number of aromatic nitrogens is 3. The van der Waals surface area contributed by atoms with Gasteiger partial charge in [-0.3, -0.25) is 9.36 Å². The predicted octanol–water partition coefficient (Wildman–Crippen LogP) is 6.11. The van der Waals surface area contributed by atoms with Crippen LogP contribution in [0.2, 0.25) is 0 Å². The molecule has 32 heavy (non-hydrogen) atoms. The van der Waals surface area contributed by atoms with Gasteiger partial charge in [-0.05, 0) is 50.8 Å². The lowest BCUT2D eigenvalue weighted by molar-refractivity contribution is -0.118.